The summed E-state index contributed by atoms with van der Waals surface area (Å²) in [6.07, 6.45) is 1.49. The molecule has 0 saturated carbocycles. The van der Waals surface area contributed by atoms with Crippen LogP contribution in [0.25, 0.3) is 0 Å². The Labute approximate surface area is 174 Å². The molecule has 3 rings (SSSR count). The second-order valence-corrected chi connectivity index (χ2v) is 8.12. The van der Waals surface area contributed by atoms with Crippen LogP contribution in [0.3, 0.4) is 0 Å². The second-order valence-electron chi connectivity index (χ2n) is 7.68. The van der Waals surface area contributed by atoms with Gasteiger partial charge in [-0.15, -0.1) is 0 Å². The maximum absolute atomic E-state index is 13.9. The van der Waals surface area contributed by atoms with E-state index < -0.39 is 17.1 Å². The number of carbonyl (C=O) groups is 2. The van der Waals surface area contributed by atoms with E-state index in [-0.39, 0.29) is 18.9 Å². The molecule has 5 nitrogen and oxygen atoms in total. The van der Waals surface area contributed by atoms with Gasteiger partial charge in [0.2, 0.25) is 5.91 Å². The highest BCUT2D eigenvalue weighted by molar-refractivity contribution is 6.30. The highest BCUT2D eigenvalue weighted by Gasteiger charge is 2.39. The van der Waals surface area contributed by atoms with Gasteiger partial charge in [0.25, 0.3) is 5.91 Å². The molecule has 1 atom stereocenters. The Morgan fingerprint density at radius 3 is 2.76 bits per heavy atom. The first-order chi connectivity index (χ1) is 13.8. The van der Waals surface area contributed by atoms with Gasteiger partial charge in [0.15, 0.2) is 0 Å². The van der Waals surface area contributed by atoms with Gasteiger partial charge in [0.05, 0.1) is 6.61 Å². The van der Waals surface area contributed by atoms with E-state index in [0.717, 1.165) is 0 Å². The quantitative estimate of drug-likeness (QED) is 0.771. The number of rotatable bonds is 6. The number of amides is 2. The summed E-state index contributed by atoms with van der Waals surface area (Å²) >= 11 is 6.00. The number of ether oxygens (including phenoxy) is 1. The smallest absolute Gasteiger partial charge is 0.253 e. The fourth-order valence-electron chi connectivity index (χ4n) is 3.77. The summed E-state index contributed by atoms with van der Waals surface area (Å²) < 4.78 is 19.8. The van der Waals surface area contributed by atoms with Gasteiger partial charge in [-0.25, -0.2) is 4.39 Å². The molecular weight excluding hydrogens is 395 g/mol. The zero-order valence-corrected chi connectivity index (χ0v) is 17.0. The molecule has 1 fully saturated rings. The van der Waals surface area contributed by atoms with Gasteiger partial charge < -0.3 is 15.4 Å². The number of primary amides is 1. The zero-order valence-electron chi connectivity index (χ0n) is 16.3. The lowest BCUT2D eigenvalue weighted by atomic mass is 9.77. The van der Waals surface area contributed by atoms with Gasteiger partial charge in [-0.05, 0) is 55.7 Å². The summed E-state index contributed by atoms with van der Waals surface area (Å²) in [5, 5.41) is 0.549. The van der Waals surface area contributed by atoms with E-state index in [4.69, 9.17) is 22.1 Å². The first-order valence-electron chi connectivity index (χ1n) is 9.50. The molecule has 2 aromatic rings. The van der Waals surface area contributed by atoms with Gasteiger partial charge in [-0.1, -0.05) is 23.7 Å². The monoisotopic (exact) mass is 418 g/mol. The van der Waals surface area contributed by atoms with Crippen molar-refractivity contribution in [3.8, 4) is 5.75 Å². The van der Waals surface area contributed by atoms with Crippen LogP contribution in [0.1, 0.15) is 35.2 Å². The third kappa shape index (κ3) is 5.26. The number of nitrogens with two attached hydrogens (primary N) is 1. The zero-order chi connectivity index (χ0) is 21.0. The number of hydrogen-bond acceptors (Lipinski definition) is 3. The van der Waals surface area contributed by atoms with E-state index in [2.05, 4.69) is 0 Å². The molecule has 29 heavy (non-hydrogen) atoms. The van der Waals surface area contributed by atoms with Crippen LogP contribution in [0, 0.1) is 18.2 Å². The Hall–Kier alpha value is -2.60. The van der Waals surface area contributed by atoms with Crippen molar-refractivity contribution in [2.45, 2.75) is 26.2 Å². The molecular formula is C22H24ClFN2O3. The van der Waals surface area contributed by atoms with Gasteiger partial charge in [0.1, 0.15) is 11.6 Å². The van der Waals surface area contributed by atoms with Crippen LogP contribution in [-0.4, -0.2) is 36.4 Å². The number of nitrogens with zero attached hydrogens (tertiary/aromatic N) is 1. The number of likely N-dealkylation sites (tertiary alicyclic amines) is 1. The molecule has 1 saturated heterocycles. The maximum Gasteiger partial charge on any atom is 0.253 e. The number of carbonyl (C=O) groups excluding carboxylic acids is 2. The molecule has 0 aromatic heterocycles. The molecule has 2 amide bonds. The van der Waals surface area contributed by atoms with E-state index in [9.17, 15) is 14.0 Å². The molecule has 2 N–H and O–H groups in total. The number of aryl methyl sites for hydroxylation is 1. The van der Waals surface area contributed by atoms with Crippen molar-refractivity contribution in [2.24, 2.45) is 11.1 Å². The topological polar surface area (TPSA) is 72.6 Å². The highest BCUT2D eigenvalue weighted by Crippen LogP contribution is 2.35. The van der Waals surface area contributed by atoms with Gasteiger partial charge in [-0.3, -0.25) is 9.59 Å². The van der Waals surface area contributed by atoms with E-state index in [1.54, 1.807) is 48.2 Å². The van der Waals surface area contributed by atoms with Crippen molar-refractivity contribution >= 4 is 23.4 Å². The van der Waals surface area contributed by atoms with Gasteiger partial charge in [0, 0.05) is 35.5 Å². The van der Waals surface area contributed by atoms with Crippen molar-refractivity contribution in [3.05, 3.63) is 64.4 Å². The van der Waals surface area contributed by atoms with E-state index >= 15 is 0 Å². The Kier molecular flexibility index (Phi) is 6.42. The summed E-state index contributed by atoms with van der Waals surface area (Å²) in [7, 11) is 0. The third-order valence-corrected chi connectivity index (χ3v) is 5.49. The van der Waals surface area contributed by atoms with E-state index in [1.165, 1.54) is 6.07 Å². The highest BCUT2D eigenvalue weighted by atomic mass is 35.5. The molecule has 0 aliphatic carbocycles. The normalized spacial score (nSPS) is 19.1. The molecule has 0 bridgehead atoms. The van der Waals surface area contributed by atoms with Crippen LogP contribution in [0.15, 0.2) is 42.5 Å². The molecule has 7 heteroatoms. The fourth-order valence-corrected chi connectivity index (χ4v) is 3.95. The number of hydrogen-bond donors (Lipinski definition) is 1. The summed E-state index contributed by atoms with van der Waals surface area (Å²) in [5.41, 5.74) is 5.67. The maximum atomic E-state index is 13.9. The first kappa shape index (κ1) is 21.1. The predicted molar refractivity (Wildman–Crippen MR) is 109 cm³/mol. The summed E-state index contributed by atoms with van der Waals surface area (Å²) in [6.45, 7) is 2.72. The fraction of sp³-hybridized carbons (Fsp3) is 0.364. The van der Waals surface area contributed by atoms with Crippen molar-refractivity contribution in [3.63, 3.8) is 0 Å². The molecule has 2 aromatic carbocycles. The van der Waals surface area contributed by atoms with E-state index in [1.807, 2.05) is 0 Å². The van der Waals surface area contributed by atoms with Crippen LogP contribution < -0.4 is 10.5 Å². The van der Waals surface area contributed by atoms with Crippen molar-refractivity contribution < 1.29 is 18.7 Å². The molecule has 0 radical (unpaired) electrons. The second kappa shape index (κ2) is 8.82. The SMILES string of the molecule is Cc1ccc(C(=O)N2CCCC(COc3cccc(Cl)c3)(CC(N)=O)C2)cc1F. The molecule has 0 spiro atoms. The van der Waals surface area contributed by atoms with E-state index in [0.29, 0.717) is 47.8 Å². The Morgan fingerprint density at radius 1 is 1.28 bits per heavy atom. The lowest BCUT2D eigenvalue weighted by Crippen LogP contribution is -2.50. The molecule has 154 valence electrons. The Bertz CT molecular complexity index is 921. The first-order valence-corrected chi connectivity index (χ1v) is 9.88. The molecule has 1 aliphatic rings. The van der Waals surface area contributed by atoms with Gasteiger partial charge >= 0.3 is 0 Å². The Morgan fingerprint density at radius 2 is 2.07 bits per heavy atom. The summed E-state index contributed by atoms with van der Waals surface area (Å²) in [5.74, 6) is -0.540. The van der Waals surface area contributed by atoms with Crippen LogP contribution >= 0.6 is 11.6 Å². The van der Waals surface area contributed by atoms with Gasteiger partial charge in [-0.2, -0.15) is 0 Å². The number of benzene rings is 2. The minimum Gasteiger partial charge on any atom is -0.493 e. The standard InChI is InChI=1S/C22H24ClFN2O3/c1-15-6-7-16(10-19(15)24)21(28)26-9-3-8-22(13-26,12-20(25)27)14-29-18-5-2-4-17(23)11-18/h2,4-7,10-11H,3,8-9,12-14H2,1H3,(H2,25,27). The largest absolute Gasteiger partial charge is 0.493 e. The summed E-state index contributed by atoms with van der Waals surface area (Å²) in [4.78, 5) is 26.4. The minimum atomic E-state index is -0.606. The number of piperidine rings is 1. The van der Waals surface area contributed by atoms with Crippen LogP contribution in [0.2, 0.25) is 5.02 Å². The average molecular weight is 419 g/mol. The third-order valence-electron chi connectivity index (χ3n) is 5.26. The number of halogens is 2. The lowest BCUT2D eigenvalue weighted by molar-refractivity contribution is -0.122. The van der Waals surface area contributed by atoms with Crippen molar-refractivity contribution in [1.82, 2.24) is 4.90 Å². The summed E-state index contributed by atoms with van der Waals surface area (Å²) in [6, 6.07) is 11.5. The predicted octanol–water partition coefficient (Wildman–Crippen LogP) is 3.96. The average Bonchev–Trinajstić information content (AvgIpc) is 2.68. The lowest BCUT2D eigenvalue weighted by Gasteiger charge is -2.42. The Balaban J connectivity index is 1.78. The molecule has 1 aliphatic heterocycles. The molecule has 1 heterocycles. The van der Waals surface area contributed by atoms with Crippen molar-refractivity contribution in [2.75, 3.05) is 19.7 Å². The van der Waals surface area contributed by atoms with Crippen LogP contribution in [0.5, 0.6) is 5.75 Å². The minimum absolute atomic E-state index is 0.0968. The molecule has 1 unspecified atom stereocenters. The van der Waals surface area contributed by atoms with Crippen molar-refractivity contribution in [1.29, 1.82) is 0 Å². The van der Waals surface area contributed by atoms with Crippen LogP contribution in [0.4, 0.5) is 4.39 Å². The van der Waals surface area contributed by atoms with Crippen LogP contribution in [-0.2, 0) is 4.79 Å².